The Kier molecular flexibility index (Phi) is 36.0. The maximum atomic E-state index is 14.2. The third-order valence-corrected chi connectivity index (χ3v) is 10.4. The van der Waals surface area contributed by atoms with Crippen molar-refractivity contribution in [2.75, 3.05) is 72.1 Å². The first-order valence-corrected chi connectivity index (χ1v) is 22.9. The SMILES string of the molecule is CCCCCCCCCCN(CC(=O)N(CCCCCC)CC(=O)N(CCCCCCCCCC)CC(=O)N(CCCCCC)CC(N)=O)C(=O)CNCCO. The van der Waals surface area contributed by atoms with Gasteiger partial charge in [-0.05, 0) is 25.7 Å². The van der Waals surface area contributed by atoms with Crippen LogP contribution in [0, 0.1) is 0 Å². The molecule has 0 fully saturated rings. The number of amides is 5. The predicted octanol–water partition coefficient (Wildman–Crippen LogP) is 6.81. The van der Waals surface area contributed by atoms with Gasteiger partial charge in [-0.3, -0.25) is 24.0 Å². The van der Waals surface area contributed by atoms with Gasteiger partial charge in [-0.2, -0.15) is 0 Å². The number of carbonyl (C=O) groups excluding carboxylic acids is 5. The summed E-state index contributed by atoms with van der Waals surface area (Å²) < 4.78 is 0. The smallest absolute Gasteiger partial charge is 0.242 e. The van der Waals surface area contributed by atoms with E-state index in [-0.39, 0.29) is 69.5 Å². The lowest BCUT2D eigenvalue weighted by molar-refractivity contribution is -0.146. The zero-order valence-electron chi connectivity index (χ0n) is 36.6. The molecule has 4 N–H and O–H groups in total. The minimum atomic E-state index is -0.587. The van der Waals surface area contributed by atoms with E-state index in [4.69, 9.17) is 5.73 Å². The molecule has 0 aliphatic carbocycles. The van der Waals surface area contributed by atoms with Crippen LogP contribution in [0.2, 0.25) is 0 Å². The van der Waals surface area contributed by atoms with Crippen molar-refractivity contribution in [2.24, 2.45) is 5.73 Å². The molecule has 0 spiro atoms. The summed E-state index contributed by atoms with van der Waals surface area (Å²) in [6.45, 7) is 9.82. The highest BCUT2D eigenvalue weighted by atomic mass is 16.3. The second-order valence-electron chi connectivity index (χ2n) is 15.7. The van der Waals surface area contributed by atoms with Crippen molar-refractivity contribution in [2.45, 2.75) is 182 Å². The Morgan fingerprint density at radius 1 is 0.411 bits per heavy atom. The first-order valence-electron chi connectivity index (χ1n) is 22.9. The maximum Gasteiger partial charge on any atom is 0.242 e. The van der Waals surface area contributed by atoms with Crippen LogP contribution in [0.4, 0.5) is 0 Å². The van der Waals surface area contributed by atoms with Crippen LogP contribution in [0.1, 0.15) is 182 Å². The summed E-state index contributed by atoms with van der Waals surface area (Å²) in [4.78, 5) is 73.3. The molecule has 0 radical (unpaired) electrons. The molecule has 0 aromatic heterocycles. The zero-order chi connectivity index (χ0) is 41.7. The summed E-state index contributed by atoms with van der Waals surface area (Å²) in [7, 11) is 0. The minimum Gasteiger partial charge on any atom is -0.395 e. The molecule has 0 saturated carbocycles. The van der Waals surface area contributed by atoms with Crippen LogP contribution >= 0.6 is 0 Å². The summed E-state index contributed by atoms with van der Waals surface area (Å²) in [5, 5.41) is 12.2. The van der Waals surface area contributed by atoms with Crippen molar-refractivity contribution in [1.82, 2.24) is 24.9 Å². The van der Waals surface area contributed by atoms with E-state index in [2.05, 4.69) is 33.0 Å². The second kappa shape index (κ2) is 37.8. The Morgan fingerprint density at radius 2 is 0.679 bits per heavy atom. The lowest BCUT2D eigenvalue weighted by atomic mass is 10.1. The molecule has 0 heterocycles. The molecule has 0 saturated heterocycles. The molecule has 0 aliphatic heterocycles. The largest absolute Gasteiger partial charge is 0.395 e. The van der Waals surface area contributed by atoms with Gasteiger partial charge in [-0.15, -0.1) is 0 Å². The van der Waals surface area contributed by atoms with Gasteiger partial charge in [0.15, 0.2) is 0 Å². The Balaban J connectivity index is 6.01. The van der Waals surface area contributed by atoms with Crippen LogP contribution < -0.4 is 11.1 Å². The quantitative estimate of drug-likeness (QED) is 0.0576. The van der Waals surface area contributed by atoms with E-state index >= 15 is 0 Å². The van der Waals surface area contributed by atoms with E-state index in [1.807, 2.05) is 0 Å². The number of aliphatic hydroxyl groups excluding tert-OH is 1. The van der Waals surface area contributed by atoms with Crippen molar-refractivity contribution >= 4 is 29.5 Å². The van der Waals surface area contributed by atoms with Crippen LogP contribution in [0.3, 0.4) is 0 Å². The van der Waals surface area contributed by atoms with Gasteiger partial charge in [0.2, 0.25) is 29.5 Å². The number of hydrogen-bond acceptors (Lipinski definition) is 7. The molecule has 56 heavy (non-hydrogen) atoms. The summed E-state index contributed by atoms with van der Waals surface area (Å²) in [6, 6.07) is 0. The first kappa shape index (κ1) is 53.3. The Labute approximate surface area is 342 Å². The van der Waals surface area contributed by atoms with E-state index in [1.165, 1.54) is 56.3 Å². The fraction of sp³-hybridized carbons (Fsp3) is 0.886. The van der Waals surface area contributed by atoms with E-state index in [1.54, 1.807) is 14.7 Å². The molecular weight excluding hydrogens is 709 g/mol. The van der Waals surface area contributed by atoms with E-state index in [9.17, 15) is 29.1 Å². The van der Waals surface area contributed by atoms with Crippen LogP contribution in [0.5, 0.6) is 0 Å². The number of nitrogens with two attached hydrogens (primary N) is 1. The van der Waals surface area contributed by atoms with Crippen molar-refractivity contribution in [1.29, 1.82) is 0 Å². The van der Waals surface area contributed by atoms with E-state index in [0.717, 1.165) is 103 Å². The van der Waals surface area contributed by atoms with Crippen molar-refractivity contribution < 1.29 is 29.1 Å². The number of primary amides is 1. The van der Waals surface area contributed by atoms with Gasteiger partial charge >= 0.3 is 0 Å². The first-order chi connectivity index (χ1) is 27.1. The Morgan fingerprint density at radius 3 is 0.982 bits per heavy atom. The fourth-order valence-corrected chi connectivity index (χ4v) is 6.86. The number of unbranched alkanes of at least 4 members (excludes halogenated alkanes) is 20. The molecule has 0 aliphatic rings. The molecule has 328 valence electrons. The molecule has 0 rings (SSSR count). The van der Waals surface area contributed by atoms with Crippen molar-refractivity contribution in [3.8, 4) is 0 Å². The highest BCUT2D eigenvalue weighted by Crippen LogP contribution is 2.13. The Bertz CT molecular complexity index is 1010. The number of carbonyl (C=O) groups is 5. The molecule has 0 atom stereocenters. The highest BCUT2D eigenvalue weighted by molar-refractivity contribution is 5.91. The predicted molar refractivity (Wildman–Crippen MR) is 229 cm³/mol. The normalized spacial score (nSPS) is 11.1. The number of nitrogens with zero attached hydrogens (tertiary/aromatic N) is 4. The molecule has 5 amide bonds. The fourth-order valence-electron chi connectivity index (χ4n) is 6.86. The van der Waals surface area contributed by atoms with Crippen LogP contribution in [0.25, 0.3) is 0 Å². The molecule has 12 heteroatoms. The third kappa shape index (κ3) is 29.5. The Hall–Kier alpha value is -2.73. The topological polar surface area (TPSA) is 157 Å². The molecule has 12 nitrogen and oxygen atoms in total. The molecule has 0 aromatic rings. The molecule has 0 bridgehead atoms. The van der Waals surface area contributed by atoms with Gasteiger partial charge in [-0.25, -0.2) is 0 Å². The average molecular weight is 795 g/mol. The van der Waals surface area contributed by atoms with Gasteiger partial charge in [0.05, 0.1) is 39.3 Å². The second-order valence-corrected chi connectivity index (χ2v) is 15.7. The molecular formula is C44H86N6O6. The van der Waals surface area contributed by atoms with Gasteiger partial charge in [0.25, 0.3) is 0 Å². The van der Waals surface area contributed by atoms with Gasteiger partial charge < -0.3 is 35.8 Å². The number of aliphatic hydroxyl groups is 1. The molecule has 0 unspecified atom stereocenters. The lowest BCUT2D eigenvalue weighted by Crippen LogP contribution is -2.51. The van der Waals surface area contributed by atoms with E-state index in [0.29, 0.717) is 26.2 Å². The number of hydrogen-bond donors (Lipinski definition) is 3. The minimum absolute atomic E-state index is 0.0228. The standard InChI is InChI=1S/C44H86N6O6/c1-5-9-13-17-19-21-23-27-31-48(41(53)35-46-29-34-51)37-43(55)49(32-26-16-12-8-4)39-44(56)50(33-28-24-22-20-18-14-10-6-2)38-42(54)47(36-40(45)52)30-25-15-11-7-3/h46,51H,5-39H2,1-4H3,(H2,45,52). The summed E-state index contributed by atoms with van der Waals surface area (Å²) in [5.74, 6) is -1.69. The van der Waals surface area contributed by atoms with Crippen LogP contribution in [-0.2, 0) is 24.0 Å². The monoisotopic (exact) mass is 795 g/mol. The lowest BCUT2D eigenvalue weighted by Gasteiger charge is -2.31. The van der Waals surface area contributed by atoms with Gasteiger partial charge in [0, 0.05) is 32.7 Å². The maximum absolute atomic E-state index is 14.2. The van der Waals surface area contributed by atoms with Gasteiger partial charge in [-0.1, -0.05) is 156 Å². The molecule has 0 aromatic carbocycles. The average Bonchev–Trinajstić information content (AvgIpc) is 3.17. The summed E-state index contributed by atoms with van der Waals surface area (Å²) in [6.07, 6.45) is 25.1. The number of rotatable bonds is 40. The summed E-state index contributed by atoms with van der Waals surface area (Å²) >= 11 is 0. The highest BCUT2D eigenvalue weighted by Gasteiger charge is 2.27. The summed E-state index contributed by atoms with van der Waals surface area (Å²) in [5.41, 5.74) is 5.54. The number of nitrogens with one attached hydrogen (secondary N) is 1. The van der Waals surface area contributed by atoms with Crippen molar-refractivity contribution in [3.63, 3.8) is 0 Å². The van der Waals surface area contributed by atoms with Crippen LogP contribution in [-0.4, -0.2) is 126 Å². The van der Waals surface area contributed by atoms with Crippen LogP contribution in [0.15, 0.2) is 0 Å². The van der Waals surface area contributed by atoms with E-state index < -0.39 is 5.91 Å². The van der Waals surface area contributed by atoms with Crippen molar-refractivity contribution in [3.05, 3.63) is 0 Å². The zero-order valence-corrected chi connectivity index (χ0v) is 36.6. The van der Waals surface area contributed by atoms with Gasteiger partial charge in [0.1, 0.15) is 0 Å². The third-order valence-electron chi connectivity index (χ3n) is 10.4.